The SMILES string of the molecule is COc1ccc(OC)c(C2C(C(=O)c3ccco3)=C(O)C(=O)N2c2cc(C)on2)c1. The van der Waals surface area contributed by atoms with Crippen LogP contribution in [0.25, 0.3) is 0 Å². The molecule has 0 bridgehead atoms. The number of hydrogen-bond donors (Lipinski definition) is 1. The summed E-state index contributed by atoms with van der Waals surface area (Å²) < 4.78 is 21.1. The van der Waals surface area contributed by atoms with Crippen molar-refractivity contribution in [1.82, 2.24) is 5.16 Å². The van der Waals surface area contributed by atoms with Crippen LogP contribution < -0.4 is 14.4 Å². The first-order valence-corrected chi connectivity index (χ1v) is 8.96. The predicted octanol–water partition coefficient (Wildman–Crippen LogP) is 3.38. The minimum Gasteiger partial charge on any atom is -0.503 e. The molecular weight excluding hydrogens is 392 g/mol. The first kappa shape index (κ1) is 19.3. The molecule has 0 fully saturated rings. The molecule has 1 N–H and O–H groups in total. The predicted molar refractivity (Wildman–Crippen MR) is 104 cm³/mol. The van der Waals surface area contributed by atoms with Gasteiger partial charge in [0.1, 0.15) is 23.3 Å². The lowest BCUT2D eigenvalue weighted by Crippen LogP contribution is -2.31. The maximum Gasteiger partial charge on any atom is 0.295 e. The van der Waals surface area contributed by atoms with E-state index in [1.54, 1.807) is 31.2 Å². The van der Waals surface area contributed by atoms with Crippen molar-refractivity contribution in [1.29, 1.82) is 0 Å². The summed E-state index contributed by atoms with van der Waals surface area (Å²) in [4.78, 5) is 27.4. The molecule has 3 heterocycles. The first-order valence-electron chi connectivity index (χ1n) is 8.96. The van der Waals surface area contributed by atoms with Gasteiger partial charge in [0.25, 0.3) is 5.91 Å². The molecule has 0 spiro atoms. The van der Waals surface area contributed by atoms with Gasteiger partial charge in [0.05, 0.1) is 26.1 Å². The van der Waals surface area contributed by atoms with Crippen LogP contribution in [-0.4, -0.2) is 36.2 Å². The molecule has 0 radical (unpaired) electrons. The summed E-state index contributed by atoms with van der Waals surface area (Å²) in [6.45, 7) is 1.67. The molecule has 154 valence electrons. The second kappa shape index (κ2) is 7.43. The Bertz CT molecular complexity index is 1140. The number of aryl methyl sites for hydroxylation is 1. The average molecular weight is 410 g/mol. The molecule has 30 heavy (non-hydrogen) atoms. The van der Waals surface area contributed by atoms with Gasteiger partial charge in [-0.15, -0.1) is 0 Å². The first-order chi connectivity index (χ1) is 14.5. The summed E-state index contributed by atoms with van der Waals surface area (Å²) in [6.07, 6.45) is 1.33. The van der Waals surface area contributed by atoms with Crippen LogP contribution in [0.4, 0.5) is 5.82 Å². The van der Waals surface area contributed by atoms with Crippen molar-refractivity contribution in [3.05, 3.63) is 71.1 Å². The molecule has 1 aliphatic rings. The van der Waals surface area contributed by atoms with Crippen molar-refractivity contribution in [2.45, 2.75) is 13.0 Å². The summed E-state index contributed by atoms with van der Waals surface area (Å²) in [6, 6.07) is 8.44. The van der Waals surface area contributed by atoms with Crippen molar-refractivity contribution in [3.63, 3.8) is 0 Å². The van der Waals surface area contributed by atoms with Crippen molar-refractivity contribution in [2.24, 2.45) is 0 Å². The Balaban J connectivity index is 1.95. The van der Waals surface area contributed by atoms with Crippen molar-refractivity contribution < 1.29 is 33.1 Å². The van der Waals surface area contributed by atoms with Gasteiger partial charge in [0, 0.05) is 11.6 Å². The number of amides is 1. The standard InChI is InChI=1S/C21H18N2O7/c1-11-9-16(22-30-11)23-18(13-10-12(27-2)6-7-14(13)28-3)17(20(25)21(23)26)19(24)15-5-4-8-29-15/h4-10,18,25H,1-3H3. The van der Waals surface area contributed by atoms with E-state index in [1.165, 1.54) is 37.5 Å². The molecule has 1 amide bonds. The molecule has 1 aromatic carbocycles. The van der Waals surface area contributed by atoms with Crippen LogP contribution in [0.1, 0.15) is 27.9 Å². The number of nitrogens with zero attached hydrogens (tertiary/aromatic N) is 2. The van der Waals surface area contributed by atoms with E-state index in [0.717, 1.165) is 0 Å². The molecule has 0 saturated heterocycles. The number of methoxy groups -OCH3 is 2. The number of furan rings is 1. The third-order valence-electron chi connectivity index (χ3n) is 4.79. The summed E-state index contributed by atoms with van der Waals surface area (Å²) in [5, 5.41) is 14.6. The number of benzene rings is 1. The maximum absolute atomic E-state index is 13.2. The maximum atomic E-state index is 13.2. The number of rotatable bonds is 6. The van der Waals surface area contributed by atoms with E-state index in [9.17, 15) is 14.7 Å². The largest absolute Gasteiger partial charge is 0.503 e. The molecule has 2 aromatic heterocycles. The Hall–Kier alpha value is -4.01. The lowest BCUT2D eigenvalue weighted by molar-refractivity contribution is -0.117. The number of ether oxygens (including phenoxy) is 2. The number of anilines is 1. The zero-order chi connectivity index (χ0) is 21.4. The fraction of sp³-hybridized carbons (Fsp3) is 0.190. The second-order valence-electron chi connectivity index (χ2n) is 6.55. The molecule has 1 aliphatic heterocycles. The highest BCUT2D eigenvalue weighted by molar-refractivity contribution is 6.20. The van der Waals surface area contributed by atoms with Gasteiger partial charge in [0.15, 0.2) is 17.3 Å². The highest BCUT2D eigenvalue weighted by Gasteiger charge is 2.47. The van der Waals surface area contributed by atoms with Gasteiger partial charge in [-0.25, -0.2) is 0 Å². The number of aliphatic hydroxyl groups excluding tert-OH is 1. The van der Waals surface area contributed by atoms with E-state index >= 15 is 0 Å². The third kappa shape index (κ3) is 3.00. The number of aliphatic hydroxyl groups is 1. The fourth-order valence-corrected chi connectivity index (χ4v) is 3.43. The zero-order valence-electron chi connectivity index (χ0n) is 16.4. The van der Waals surface area contributed by atoms with Crippen molar-refractivity contribution >= 4 is 17.5 Å². The normalized spacial score (nSPS) is 16.3. The van der Waals surface area contributed by atoms with Gasteiger partial charge in [-0.3, -0.25) is 14.5 Å². The van der Waals surface area contributed by atoms with E-state index in [4.69, 9.17) is 18.4 Å². The minimum atomic E-state index is -1.05. The van der Waals surface area contributed by atoms with Gasteiger partial charge in [-0.2, -0.15) is 0 Å². The number of Topliss-reactive ketones (excluding diaryl/α,β-unsaturated/α-hetero) is 1. The van der Waals surface area contributed by atoms with E-state index in [1.807, 2.05) is 0 Å². The quantitative estimate of drug-likeness (QED) is 0.615. The van der Waals surface area contributed by atoms with E-state index in [2.05, 4.69) is 5.16 Å². The molecule has 3 aromatic rings. The van der Waals surface area contributed by atoms with Gasteiger partial charge in [-0.1, -0.05) is 5.16 Å². The Morgan fingerprint density at radius 1 is 1.20 bits per heavy atom. The van der Waals surface area contributed by atoms with Crippen LogP contribution >= 0.6 is 0 Å². The van der Waals surface area contributed by atoms with Gasteiger partial charge in [0.2, 0.25) is 5.78 Å². The molecule has 0 aliphatic carbocycles. The third-order valence-corrected chi connectivity index (χ3v) is 4.79. The number of aromatic nitrogens is 1. The Labute approximate surface area is 171 Å². The second-order valence-corrected chi connectivity index (χ2v) is 6.55. The topological polar surface area (TPSA) is 115 Å². The monoisotopic (exact) mass is 410 g/mol. The fourth-order valence-electron chi connectivity index (χ4n) is 3.43. The van der Waals surface area contributed by atoms with Crippen LogP contribution in [0.3, 0.4) is 0 Å². The van der Waals surface area contributed by atoms with Gasteiger partial charge >= 0.3 is 0 Å². The van der Waals surface area contributed by atoms with Crippen LogP contribution in [0.2, 0.25) is 0 Å². The number of ketones is 1. The van der Waals surface area contributed by atoms with Crippen LogP contribution in [0.15, 0.2) is 62.9 Å². The van der Waals surface area contributed by atoms with Crippen molar-refractivity contribution in [2.75, 3.05) is 19.1 Å². The highest BCUT2D eigenvalue weighted by Crippen LogP contribution is 2.45. The molecule has 9 nitrogen and oxygen atoms in total. The number of carbonyl (C=O) groups excluding carboxylic acids is 2. The van der Waals surface area contributed by atoms with E-state index in [0.29, 0.717) is 22.8 Å². The summed E-state index contributed by atoms with van der Waals surface area (Å²) in [5.74, 6) is -0.692. The molecule has 1 atom stereocenters. The smallest absolute Gasteiger partial charge is 0.295 e. The Morgan fingerprint density at radius 3 is 2.60 bits per heavy atom. The Morgan fingerprint density at radius 2 is 2.00 bits per heavy atom. The highest BCUT2D eigenvalue weighted by atomic mass is 16.5. The summed E-state index contributed by atoms with van der Waals surface area (Å²) >= 11 is 0. The van der Waals surface area contributed by atoms with Gasteiger partial charge < -0.3 is 23.5 Å². The summed E-state index contributed by atoms with van der Waals surface area (Å²) in [5.41, 5.74) is 0.256. The lowest BCUT2D eigenvalue weighted by atomic mass is 9.94. The van der Waals surface area contributed by atoms with E-state index < -0.39 is 23.5 Å². The molecule has 1 unspecified atom stereocenters. The number of hydrogen-bond acceptors (Lipinski definition) is 8. The lowest BCUT2D eigenvalue weighted by Gasteiger charge is -2.26. The molecule has 4 rings (SSSR count). The van der Waals surface area contributed by atoms with Crippen LogP contribution in [0.5, 0.6) is 11.5 Å². The van der Waals surface area contributed by atoms with E-state index in [-0.39, 0.29) is 17.2 Å². The molecule has 9 heteroatoms. The average Bonchev–Trinajstić information content (AvgIpc) is 3.48. The minimum absolute atomic E-state index is 0.0191. The van der Waals surface area contributed by atoms with Gasteiger partial charge in [-0.05, 0) is 37.3 Å². The van der Waals surface area contributed by atoms with Crippen LogP contribution in [0, 0.1) is 6.92 Å². The zero-order valence-corrected chi connectivity index (χ0v) is 16.4. The Kier molecular flexibility index (Phi) is 4.78. The summed E-state index contributed by atoms with van der Waals surface area (Å²) in [7, 11) is 2.96. The van der Waals surface area contributed by atoms with Crippen molar-refractivity contribution in [3.8, 4) is 11.5 Å². The molecular formula is C21H18N2O7. The van der Waals surface area contributed by atoms with Crippen LogP contribution in [-0.2, 0) is 4.79 Å². The number of carbonyl (C=O) groups is 2. The molecule has 0 saturated carbocycles.